The van der Waals surface area contributed by atoms with Crippen molar-refractivity contribution in [2.45, 2.75) is 45.7 Å². The van der Waals surface area contributed by atoms with Crippen molar-refractivity contribution in [1.29, 1.82) is 0 Å². The number of halogens is 1. The molecule has 1 rings (SSSR count). The maximum atomic E-state index is 5.91. The van der Waals surface area contributed by atoms with Crippen LogP contribution < -0.4 is 10.6 Å². The van der Waals surface area contributed by atoms with Crippen molar-refractivity contribution in [2.75, 3.05) is 11.9 Å². The van der Waals surface area contributed by atoms with E-state index in [9.17, 15) is 0 Å². The fourth-order valence-corrected chi connectivity index (χ4v) is 2.41. The third kappa shape index (κ3) is 3.23. The van der Waals surface area contributed by atoms with Crippen molar-refractivity contribution in [3.05, 3.63) is 28.2 Å². The highest BCUT2D eigenvalue weighted by atomic mass is 79.9. The van der Waals surface area contributed by atoms with Crippen LogP contribution in [0.3, 0.4) is 0 Å². The fourth-order valence-electron chi connectivity index (χ4n) is 1.68. The van der Waals surface area contributed by atoms with Crippen LogP contribution in [0.15, 0.2) is 22.7 Å². The molecule has 0 unspecified atom stereocenters. The predicted molar refractivity (Wildman–Crippen MR) is 79.5 cm³/mol. The Hall–Kier alpha value is -0.540. The minimum Gasteiger partial charge on any atom is -0.369 e. The zero-order valence-electron chi connectivity index (χ0n) is 11.4. The van der Waals surface area contributed by atoms with Gasteiger partial charge in [0.2, 0.25) is 0 Å². The third-order valence-corrected chi connectivity index (χ3v) is 4.32. The topological polar surface area (TPSA) is 29.3 Å². The molecule has 2 nitrogen and oxygen atoms in total. The smallest absolute Gasteiger partial charge is 0.0379 e. The summed E-state index contributed by atoms with van der Waals surface area (Å²) in [5.41, 5.74) is 8.44. The Morgan fingerprint density at radius 1 is 1.41 bits per heavy atom. The molecule has 2 N–H and O–H groups in total. The Labute approximate surface area is 113 Å². The van der Waals surface area contributed by atoms with Gasteiger partial charge < -0.3 is 10.6 Å². The minimum absolute atomic E-state index is 0.0583. The molecule has 96 valence electrons. The molecule has 0 amide bonds. The summed E-state index contributed by atoms with van der Waals surface area (Å²) < 4.78 is 1.09. The van der Waals surface area contributed by atoms with Crippen LogP contribution in [0.2, 0.25) is 0 Å². The molecule has 0 aliphatic rings. The van der Waals surface area contributed by atoms with Crippen LogP contribution in [-0.2, 0) is 0 Å². The standard InChI is InChI=1S/C14H23BrN2/c1-6-14(3,4)17(5)11-7-8-12(10(2)16)13(15)9-11/h7-10H,6,16H2,1-5H3/t10-/m0/s1. The highest BCUT2D eigenvalue weighted by molar-refractivity contribution is 9.10. The molecular weight excluding hydrogens is 276 g/mol. The molecule has 1 aromatic rings. The first-order valence-corrected chi connectivity index (χ1v) is 6.87. The van der Waals surface area contributed by atoms with E-state index >= 15 is 0 Å². The molecule has 0 saturated heterocycles. The first kappa shape index (κ1) is 14.5. The monoisotopic (exact) mass is 298 g/mol. The van der Waals surface area contributed by atoms with Gasteiger partial charge >= 0.3 is 0 Å². The summed E-state index contributed by atoms with van der Waals surface area (Å²) in [6, 6.07) is 6.45. The number of nitrogens with zero attached hydrogens (tertiary/aromatic N) is 1. The number of hydrogen-bond acceptors (Lipinski definition) is 2. The Bertz CT molecular complexity index is 386. The van der Waals surface area contributed by atoms with Gasteiger partial charge in [-0.25, -0.2) is 0 Å². The highest BCUT2D eigenvalue weighted by Crippen LogP contribution is 2.30. The van der Waals surface area contributed by atoms with Gasteiger partial charge in [-0.1, -0.05) is 28.9 Å². The van der Waals surface area contributed by atoms with E-state index in [1.807, 2.05) is 6.92 Å². The van der Waals surface area contributed by atoms with Gasteiger partial charge in [-0.05, 0) is 44.9 Å². The lowest BCUT2D eigenvalue weighted by atomic mass is 9.98. The molecule has 17 heavy (non-hydrogen) atoms. The van der Waals surface area contributed by atoms with E-state index in [1.165, 1.54) is 5.69 Å². The summed E-state index contributed by atoms with van der Waals surface area (Å²) in [6.07, 6.45) is 1.11. The molecule has 1 atom stereocenters. The van der Waals surface area contributed by atoms with E-state index in [-0.39, 0.29) is 11.6 Å². The van der Waals surface area contributed by atoms with Gasteiger partial charge in [0.15, 0.2) is 0 Å². The lowest BCUT2D eigenvalue weighted by Crippen LogP contribution is -2.40. The molecule has 1 aromatic carbocycles. The molecule has 0 aliphatic carbocycles. The summed E-state index contributed by atoms with van der Waals surface area (Å²) in [5, 5.41) is 0. The van der Waals surface area contributed by atoms with Crippen LogP contribution >= 0.6 is 15.9 Å². The van der Waals surface area contributed by atoms with Gasteiger partial charge in [0.1, 0.15) is 0 Å². The molecule has 0 heterocycles. The second kappa shape index (κ2) is 5.40. The summed E-state index contributed by atoms with van der Waals surface area (Å²) in [7, 11) is 2.14. The van der Waals surface area contributed by atoms with Crippen molar-refractivity contribution < 1.29 is 0 Å². The maximum absolute atomic E-state index is 5.91. The number of anilines is 1. The van der Waals surface area contributed by atoms with E-state index in [0.29, 0.717) is 0 Å². The SMILES string of the molecule is CCC(C)(C)N(C)c1ccc([C@H](C)N)c(Br)c1. The predicted octanol–water partition coefficient (Wildman–Crippen LogP) is 4.09. The zero-order chi connectivity index (χ0) is 13.2. The molecule has 0 aromatic heterocycles. The quantitative estimate of drug-likeness (QED) is 0.907. The van der Waals surface area contributed by atoms with Crippen molar-refractivity contribution >= 4 is 21.6 Å². The number of nitrogens with two attached hydrogens (primary N) is 1. The number of rotatable bonds is 4. The van der Waals surface area contributed by atoms with Crippen molar-refractivity contribution in [1.82, 2.24) is 0 Å². The van der Waals surface area contributed by atoms with E-state index in [4.69, 9.17) is 5.73 Å². The first-order valence-electron chi connectivity index (χ1n) is 6.08. The van der Waals surface area contributed by atoms with Gasteiger partial charge in [-0.3, -0.25) is 0 Å². The van der Waals surface area contributed by atoms with Crippen LogP contribution in [0, 0.1) is 0 Å². The largest absolute Gasteiger partial charge is 0.369 e. The zero-order valence-corrected chi connectivity index (χ0v) is 13.0. The third-order valence-electron chi connectivity index (χ3n) is 3.64. The maximum Gasteiger partial charge on any atom is 0.0379 e. The summed E-state index contributed by atoms with van der Waals surface area (Å²) in [6.45, 7) is 8.71. The lowest BCUT2D eigenvalue weighted by molar-refractivity contribution is 0.470. The van der Waals surface area contributed by atoms with Crippen LogP contribution in [-0.4, -0.2) is 12.6 Å². The molecule has 0 aliphatic heterocycles. The Morgan fingerprint density at radius 3 is 2.41 bits per heavy atom. The lowest BCUT2D eigenvalue weighted by Gasteiger charge is -2.37. The Kier molecular flexibility index (Phi) is 4.62. The minimum atomic E-state index is 0.0583. The molecule has 3 heteroatoms. The van der Waals surface area contributed by atoms with Gasteiger partial charge in [-0.2, -0.15) is 0 Å². The molecule has 0 fully saturated rings. The van der Waals surface area contributed by atoms with Crippen molar-refractivity contribution in [2.24, 2.45) is 5.73 Å². The summed E-state index contributed by atoms with van der Waals surface area (Å²) >= 11 is 3.60. The average Bonchev–Trinajstić information content (AvgIpc) is 2.27. The van der Waals surface area contributed by atoms with Crippen LogP contribution in [0.1, 0.15) is 45.7 Å². The summed E-state index contributed by atoms with van der Waals surface area (Å²) in [5.74, 6) is 0. The molecule has 0 saturated carbocycles. The van der Waals surface area contributed by atoms with Gasteiger partial charge in [0, 0.05) is 28.8 Å². The van der Waals surface area contributed by atoms with Crippen LogP contribution in [0.5, 0.6) is 0 Å². The van der Waals surface area contributed by atoms with Crippen LogP contribution in [0.25, 0.3) is 0 Å². The highest BCUT2D eigenvalue weighted by Gasteiger charge is 2.22. The van der Waals surface area contributed by atoms with E-state index in [1.54, 1.807) is 0 Å². The second-order valence-electron chi connectivity index (χ2n) is 5.22. The Morgan fingerprint density at radius 2 is 2.00 bits per heavy atom. The van der Waals surface area contributed by atoms with E-state index in [2.05, 4.69) is 66.8 Å². The molecular formula is C14H23BrN2. The molecule has 0 spiro atoms. The second-order valence-corrected chi connectivity index (χ2v) is 6.07. The Balaban J connectivity index is 3.06. The van der Waals surface area contributed by atoms with Gasteiger partial charge in [-0.15, -0.1) is 0 Å². The van der Waals surface area contributed by atoms with Crippen molar-refractivity contribution in [3.8, 4) is 0 Å². The fraction of sp³-hybridized carbons (Fsp3) is 0.571. The van der Waals surface area contributed by atoms with Gasteiger partial charge in [0.05, 0.1) is 0 Å². The average molecular weight is 299 g/mol. The van der Waals surface area contributed by atoms with Crippen molar-refractivity contribution in [3.63, 3.8) is 0 Å². The normalized spacial score (nSPS) is 13.6. The van der Waals surface area contributed by atoms with E-state index < -0.39 is 0 Å². The number of benzene rings is 1. The summed E-state index contributed by atoms with van der Waals surface area (Å²) in [4.78, 5) is 2.31. The van der Waals surface area contributed by atoms with Crippen LogP contribution in [0.4, 0.5) is 5.69 Å². The molecule has 0 radical (unpaired) electrons. The first-order chi connectivity index (χ1) is 7.79. The van der Waals surface area contributed by atoms with Gasteiger partial charge in [0.25, 0.3) is 0 Å². The number of hydrogen-bond donors (Lipinski definition) is 1. The van der Waals surface area contributed by atoms with E-state index in [0.717, 1.165) is 16.5 Å². The molecule has 0 bridgehead atoms.